The molecule has 1 heterocycles. The highest BCUT2D eigenvalue weighted by Crippen LogP contribution is 2.30. The van der Waals surface area contributed by atoms with Crippen molar-refractivity contribution in [2.45, 2.75) is 31.3 Å². The van der Waals surface area contributed by atoms with Gasteiger partial charge >= 0.3 is 0 Å². The van der Waals surface area contributed by atoms with E-state index in [1.165, 1.54) is 17.3 Å². The first kappa shape index (κ1) is 27.2. The molecule has 0 saturated heterocycles. The van der Waals surface area contributed by atoms with Crippen molar-refractivity contribution >= 4 is 29.3 Å². The summed E-state index contributed by atoms with van der Waals surface area (Å²) in [5.74, 6) is 0.923. The van der Waals surface area contributed by atoms with Gasteiger partial charge in [0.05, 0.1) is 19.0 Å². The summed E-state index contributed by atoms with van der Waals surface area (Å²) in [4.78, 5) is 14.7. The lowest BCUT2D eigenvalue weighted by atomic mass is 9.87. The maximum absolute atomic E-state index is 12.9. The first-order chi connectivity index (χ1) is 16.7. The van der Waals surface area contributed by atoms with Crippen LogP contribution in [-0.2, 0) is 19.7 Å². The zero-order valence-corrected chi connectivity index (χ0v) is 22.5. The maximum atomic E-state index is 12.9. The standard InChI is InChI=1S/C26H33ClN4O3S/c1-26(2,3)20-8-6-19(7-9-20)24-28-29-25(31(24)22-12-10-21(27)11-13-22)35-18-23(32)30(14-16-33-4)15-17-34-5/h6-13H,14-18H2,1-5H3. The normalized spacial score (nSPS) is 11.6. The Hall–Kier alpha value is -2.39. The Balaban J connectivity index is 1.90. The van der Waals surface area contributed by atoms with Gasteiger partial charge in [-0.15, -0.1) is 10.2 Å². The first-order valence-electron chi connectivity index (χ1n) is 11.5. The summed E-state index contributed by atoms with van der Waals surface area (Å²) in [5, 5.41) is 10.2. The van der Waals surface area contributed by atoms with Crippen LogP contribution in [0.15, 0.2) is 53.7 Å². The van der Waals surface area contributed by atoms with Gasteiger partial charge in [0.1, 0.15) is 0 Å². The Labute approximate surface area is 216 Å². The van der Waals surface area contributed by atoms with Crippen LogP contribution in [0.1, 0.15) is 26.3 Å². The van der Waals surface area contributed by atoms with Gasteiger partial charge in [-0.05, 0) is 35.2 Å². The number of methoxy groups -OCH3 is 2. The number of hydrogen-bond acceptors (Lipinski definition) is 6. The summed E-state index contributed by atoms with van der Waals surface area (Å²) >= 11 is 7.49. The monoisotopic (exact) mass is 516 g/mol. The van der Waals surface area contributed by atoms with Crippen LogP contribution in [0.4, 0.5) is 0 Å². The van der Waals surface area contributed by atoms with Gasteiger partial charge in [-0.3, -0.25) is 9.36 Å². The average molecular weight is 517 g/mol. The van der Waals surface area contributed by atoms with Crippen molar-refractivity contribution in [3.05, 3.63) is 59.1 Å². The van der Waals surface area contributed by atoms with Gasteiger partial charge in [-0.1, -0.05) is 68.4 Å². The highest BCUT2D eigenvalue weighted by molar-refractivity contribution is 7.99. The van der Waals surface area contributed by atoms with Gasteiger partial charge in [0, 0.05) is 43.6 Å². The molecule has 1 aromatic heterocycles. The number of aromatic nitrogens is 3. The summed E-state index contributed by atoms with van der Waals surface area (Å²) in [6.07, 6.45) is 0. The zero-order chi connectivity index (χ0) is 25.4. The second-order valence-electron chi connectivity index (χ2n) is 9.10. The van der Waals surface area contributed by atoms with Crippen molar-refractivity contribution in [1.82, 2.24) is 19.7 Å². The molecule has 7 nitrogen and oxygen atoms in total. The summed E-state index contributed by atoms with van der Waals surface area (Å²) in [5.41, 5.74) is 3.12. The highest BCUT2D eigenvalue weighted by Gasteiger charge is 2.20. The number of ether oxygens (including phenoxy) is 2. The SMILES string of the molecule is COCCN(CCOC)C(=O)CSc1nnc(-c2ccc(C(C)(C)C)cc2)n1-c1ccc(Cl)cc1. The van der Waals surface area contributed by atoms with Gasteiger partial charge in [-0.2, -0.15) is 0 Å². The number of carbonyl (C=O) groups is 1. The molecule has 0 fully saturated rings. The quantitative estimate of drug-likeness (QED) is 0.330. The predicted octanol–water partition coefficient (Wildman–Crippen LogP) is 5.10. The van der Waals surface area contributed by atoms with Gasteiger partial charge < -0.3 is 14.4 Å². The zero-order valence-electron chi connectivity index (χ0n) is 21.0. The number of thioether (sulfide) groups is 1. The number of nitrogens with zero attached hydrogens (tertiary/aromatic N) is 4. The summed E-state index contributed by atoms with van der Waals surface area (Å²) < 4.78 is 12.3. The number of halogens is 1. The lowest BCUT2D eigenvalue weighted by Crippen LogP contribution is -2.37. The van der Waals surface area contributed by atoms with Crippen molar-refractivity contribution < 1.29 is 14.3 Å². The molecule has 9 heteroatoms. The van der Waals surface area contributed by atoms with Crippen LogP contribution in [0.2, 0.25) is 5.02 Å². The summed E-state index contributed by atoms with van der Waals surface area (Å²) in [6.45, 7) is 8.51. The van der Waals surface area contributed by atoms with Gasteiger partial charge in [0.15, 0.2) is 11.0 Å². The minimum absolute atomic E-state index is 0.00848. The molecule has 3 aromatic rings. The number of rotatable bonds is 11. The van der Waals surface area contributed by atoms with E-state index in [0.29, 0.717) is 42.3 Å². The Morgan fingerprint density at radius 3 is 2.11 bits per heavy atom. The molecule has 1 amide bonds. The van der Waals surface area contributed by atoms with E-state index in [4.69, 9.17) is 21.1 Å². The molecule has 188 valence electrons. The van der Waals surface area contributed by atoms with Gasteiger partial charge in [0.25, 0.3) is 0 Å². The van der Waals surface area contributed by atoms with Gasteiger partial charge in [0.2, 0.25) is 5.91 Å². The fourth-order valence-electron chi connectivity index (χ4n) is 3.47. The minimum Gasteiger partial charge on any atom is -0.383 e. The van der Waals surface area contributed by atoms with Crippen molar-refractivity contribution in [1.29, 1.82) is 0 Å². The molecule has 3 rings (SSSR count). The average Bonchev–Trinajstić information content (AvgIpc) is 3.26. The minimum atomic E-state index is -0.00848. The molecule has 0 aliphatic heterocycles. The number of carbonyl (C=O) groups excluding carboxylic acids is 1. The van der Waals surface area contributed by atoms with Gasteiger partial charge in [-0.25, -0.2) is 0 Å². The number of amides is 1. The van der Waals surface area contributed by atoms with E-state index in [0.717, 1.165) is 11.3 Å². The molecular formula is C26H33ClN4O3S. The fourth-order valence-corrected chi connectivity index (χ4v) is 4.46. The van der Waals surface area contributed by atoms with Crippen molar-refractivity contribution in [3.8, 4) is 17.1 Å². The highest BCUT2D eigenvalue weighted by atomic mass is 35.5. The third-order valence-corrected chi connectivity index (χ3v) is 6.70. The maximum Gasteiger partial charge on any atom is 0.233 e. The molecule has 0 unspecified atom stereocenters. The molecule has 2 aromatic carbocycles. The van der Waals surface area contributed by atoms with Crippen LogP contribution in [-0.4, -0.2) is 71.8 Å². The number of hydrogen-bond donors (Lipinski definition) is 0. The fraction of sp³-hybridized carbons (Fsp3) is 0.423. The Bertz CT molecular complexity index is 1090. The van der Waals surface area contributed by atoms with E-state index in [1.807, 2.05) is 28.8 Å². The van der Waals surface area contributed by atoms with Crippen LogP contribution in [0.25, 0.3) is 17.1 Å². The third-order valence-electron chi connectivity index (χ3n) is 5.54. The molecule has 0 saturated carbocycles. The topological polar surface area (TPSA) is 69.5 Å². The van der Waals surface area contributed by atoms with Crippen LogP contribution >= 0.6 is 23.4 Å². The lowest BCUT2D eigenvalue weighted by Gasteiger charge is -2.22. The Morgan fingerprint density at radius 1 is 0.971 bits per heavy atom. The molecule has 0 aliphatic carbocycles. The largest absolute Gasteiger partial charge is 0.383 e. The predicted molar refractivity (Wildman–Crippen MR) is 142 cm³/mol. The van der Waals surface area contributed by atoms with Crippen LogP contribution in [0.3, 0.4) is 0 Å². The van der Waals surface area contributed by atoms with Crippen molar-refractivity contribution in [2.75, 3.05) is 46.3 Å². The van der Waals surface area contributed by atoms with E-state index in [-0.39, 0.29) is 17.1 Å². The second kappa shape index (κ2) is 12.5. The molecule has 0 aliphatic rings. The molecule has 0 spiro atoms. The first-order valence-corrected chi connectivity index (χ1v) is 12.8. The smallest absolute Gasteiger partial charge is 0.233 e. The van der Waals surface area contributed by atoms with E-state index in [2.05, 4.69) is 55.2 Å². The molecule has 0 N–H and O–H groups in total. The van der Waals surface area contributed by atoms with E-state index < -0.39 is 0 Å². The molecule has 0 atom stereocenters. The Kier molecular flexibility index (Phi) is 9.74. The van der Waals surface area contributed by atoms with Crippen molar-refractivity contribution in [3.63, 3.8) is 0 Å². The van der Waals surface area contributed by atoms with Crippen LogP contribution in [0.5, 0.6) is 0 Å². The van der Waals surface area contributed by atoms with E-state index in [9.17, 15) is 4.79 Å². The van der Waals surface area contributed by atoms with E-state index >= 15 is 0 Å². The Morgan fingerprint density at radius 2 is 1.57 bits per heavy atom. The third kappa shape index (κ3) is 7.30. The van der Waals surface area contributed by atoms with Crippen LogP contribution < -0.4 is 0 Å². The molecule has 0 radical (unpaired) electrons. The molecule has 0 bridgehead atoms. The van der Waals surface area contributed by atoms with Crippen molar-refractivity contribution in [2.24, 2.45) is 0 Å². The summed E-state index contributed by atoms with van der Waals surface area (Å²) in [6, 6.07) is 15.9. The lowest BCUT2D eigenvalue weighted by molar-refractivity contribution is -0.129. The van der Waals surface area contributed by atoms with Crippen LogP contribution in [0, 0.1) is 0 Å². The summed E-state index contributed by atoms with van der Waals surface area (Å²) in [7, 11) is 3.25. The molecule has 35 heavy (non-hydrogen) atoms. The second-order valence-corrected chi connectivity index (χ2v) is 10.5. The number of benzene rings is 2. The van der Waals surface area contributed by atoms with E-state index in [1.54, 1.807) is 19.1 Å². The molecular weight excluding hydrogens is 484 g/mol.